The van der Waals surface area contributed by atoms with Gasteiger partial charge in [0.2, 0.25) is 5.91 Å². The molecule has 0 radical (unpaired) electrons. The molecule has 0 aliphatic rings. The van der Waals surface area contributed by atoms with Crippen LogP contribution in [-0.2, 0) is 4.79 Å². The fourth-order valence-corrected chi connectivity index (χ4v) is 3.78. The summed E-state index contributed by atoms with van der Waals surface area (Å²) in [5.41, 5.74) is 2.09. The average molecular weight is 414 g/mol. The Kier molecular flexibility index (Phi) is 6.67. The quantitative estimate of drug-likeness (QED) is 0.560. The largest absolute Gasteiger partial charge is 0.497 e. The predicted molar refractivity (Wildman–Crippen MR) is 114 cm³/mol. The summed E-state index contributed by atoms with van der Waals surface area (Å²) < 4.78 is 5.10. The van der Waals surface area contributed by atoms with E-state index in [1.807, 2.05) is 36.6 Å². The average Bonchev–Trinajstić information content (AvgIpc) is 3.11. The van der Waals surface area contributed by atoms with Gasteiger partial charge in [0.15, 0.2) is 5.13 Å². The number of rotatable bonds is 7. The van der Waals surface area contributed by atoms with Crippen LogP contribution >= 0.6 is 23.1 Å². The molecule has 0 saturated heterocycles. The molecule has 144 valence electrons. The van der Waals surface area contributed by atoms with Gasteiger partial charge in [-0.15, -0.1) is 23.1 Å². The molecule has 0 fully saturated rings. The van der Waals surface area contributed by atoms with Gasteiger partial charge in [-0.25, -0.2) is 4.98 Å². The second-order valence-corrected chi connectivity index (χ2v) is 7.75. The first-order valence-electron chi connectivity index (χ1n) is 8.44. The summed E-state index contributed by atoms with van der Waals surface area (Å²) in [6, 6.07) is 14.3. The lowest BCUT2D eigenvalue weighted by Gasteiger charge is -2.08. The van der Waals surface area contributed by atoms with Gasteiger partial charge >= 0.3 is 0 Å². The minimum absolute atomic E-state index is 0.118. The predicted octanol–water partition coefficient (Wildman–Crippen LogP) is 4.44. The van der Waals surface area contributed by atoms with Gasteiger partial charge in [0.05, 0.1) is 18.6 Å². The van der Waals surface area contributed by atoms with Crippen LogP contribution in [0.15, 0.2) is 58.8 Å². The molecule has 1 heterocycles. The first kappa shape index (κ1) is 19.9. The van der Waals surface area contributed by atoms with Crippen molar-refractivity contribution in [3.05, 3.63) is 65.2 Å². The number of hydrogen-bond acceptors (Lipinski definition) is 6. The summed E-state index contributed by atoms with van der Waals surface area (Å²) in [4.78, 5) is 29.5. The Morgan fingerprint density at radius 1 is 1.14 bits per heavy atom. The van der Waals surface area contributed by atoms with Gasteiger partial charge in [0, 0.05) is 21.5 Å². The summed E-state index contributed by atoms with van der Waals surface area (Å²) in [6.07, 6.45) is 0. The van der Waals surface area contributed by atoms with E-state index < -0.39 is 0 Å². The highest BCUT2D eigenvalue weighted by atomic mass is 32.2. The van der Waals surface area contributed by atoms with E-state index in [9.17, 15) is 9.59 Å². The van der Waals surface area contributed by atoms with E-state index in [0.29, 0.717) is 22.1 Å². The van der Waals surface area contributed by atoms with Crippen LogP contribution in [0.5, 0.6) is 5.75 Å². The van der Waals surface area contributed by atoms with Crippen LogP contribution < -0.4 is 15.4 Å². The first-order chi connectivity index (χ1) is 13.5. The molecule has 0 aliphatic carbocycles. The number of hydrogen-bond donors (Lipinski definition) is 2. The lowest BCUT2D eigenvalue weighted by atomic mass is 10.2. The zero-order chi connectivity index (χ0) is 19.9. The highest BCUT2D eigenvalue weighted by molar-refractivity contribution is 8.00. The number of amides is 2. The molecule has 28 heavy (non-hydrogen) atoms. The van der Waals surface area contributed by atoms with Gasteiger partial charge in [-0.1, -0.05) is 6.07 Å². The molecule has 2 N–H and O–H groups in total. The van der Waals surface area contributed by atoms with Crippen molar-refractivity contribution >= 4 is 45.7 Å². The molecule has 1 aromatic heterocycles. The van der Waals surface area contributed by atoms with Gasteiger partial charge in [0.25, 0.3) is 5.91 Å². The normalized spacial score (nSPS) is 10.4. The summed E-state index contributed by atoms with van der Waals surface area (Å²) in [5.74, 6) is 0.629. The van der Waals surface area contributed by atoms with Crippen LogP contribution in [0.1, 0.15) is 16.1 Å². The third-order valence-electron chi connectivity index (χ3n) is 3.68. The Morgan fingerprint density at radius 2 is 1.93 bits per heavy atom. The number of thioether (sulfide) groups is 1. The van der Waals surface area contributed by atoms with Crippen molar-refractivity contribution in [3.8, 4) is 5.75 Å². The molecule has 2 amide bonds. The smallest absolute Gasteiger partial charge is 0.255 e. The van der Waals surface area contributed by atoms with Crippen molar-refractivity contribution in [1.82, 2.24) is 4.98 Å². The van der Waals surface area contributed by atoms with Crippen molar-refractivity contribution < 1.29 is 14.3 Å². The lowest BCUT2D eigenvalue weighted by molar-refractivity contribution is -0.113. The highest BCUT2D eigenvalue weighted by Crippen LogP contribution is 2.23. The molecule has 6 nitrogen and oxygen atoms in total. The highest BCUT2D eigenvalue weighted by Gasteiger charge is 2.09. The van der Waals surface area contributed by atoms with Crippen LogP contribution in [0.25, 0.3) is 0 Å². The van der Waals surface area contributed by atoms with Crippen molar-refractivity contribution in [2.45, 2.75) is 11.8 Å². The van der Waals surface area contributed by atoms with E-state index in [1.54, 1.807) is 31.4 Å². The summed E-state index contributed by atoms with van der Waals surface area (Å²) in [5, 5.41) is 8.13. The maximum atomic E-state index is 12.4. The number of methoxy groups -OCH3 is 1. The second-order valence-electron chi connectivity index (χ2n) is 5.84. The Labute approximate surface area is 171 Å². The molecular formula is C20H19N3O3S2. The van der Waals surface area contributed by atoms with Crippen LogP contribution in [-0.4, -0.2) is 29.7 Å². The Hall–Kier alpha value is -2.84. The third-order valence-corrected chi connectivity index (χ3v) is 5.55. The SMILES string of the molecule is COc1ccc(C(=O)Nc2cccc(SCC(=O)Nc3nc(C)cs3)c2)cc1. The van der Waals surface area contributed by atoms with Crippen molar-refractivity contribution in [2.75, 3.05) is 23.5 Å². The number of aromatic nitrogens is 1. The van der Waals surface area contributed by atoms with Crippen molar-refractivity contribution in [3.63, 3.8) is 0 Å². The molecule has 8 heteroatoms. The number of thiazole rings is 1. The molecule has 2 aromatic carbocycles. The molecule has 0 aliphatic heterocycles. The zero-order valence-electron chi connectivity index (χ0n) is 15.4. The van der Waals surface area contributed by atoms with Crippen molar-refractivity contribution in [1.29, 1.82) is 0 Å². The molecule has 3 aromatic rings. The number of carbonyl (C=O) groups is 2. The molecule has 0 unspecified atom stereocenters. The van der Waals surface area contributed by atoms with Crippen LogP contribution in [0.3, 0.4) is 0 Å². The first-order valence-corrected chi connectivity index (χ1v) is 10.3. The number of carbonyl (C=O) groups excluding carboxylic acids is 2. The Bertz CT molecular complexity index is 971. The zero-order valence-corrected chi connectivity index (χ0v) is 17.0. The monoisotopic (exact) mass is 413 g/mol. The summed E-state index contributed by atoms with van der Waals surface area (Å²) in [6.45, 7) is 1.88. The van der Waals surface area contributed by atoms with Crippen LogP contribution in [0.2, 0.25) is 0 Å². The Morgan fingerprint density at radius 3 is 2.61 bits per heavy atom. The molecular weight excluding hydrogens is 394 g/mol. The van der Waals surface area contributed by atoms with E-state index in [2.05, 4.69) is 15.6 Å². The number of benzene rings is 2. The standard InChI is InChI=1S/C20H19N3O3S2/c1-13-11-28-20(21-13)23-18(24)12-27-17-5-3-4-15(10-17)22-19(25)14-6-8-16(26-2)9-7-14/h3-11H,12H2,1-2H3,(H,22,25)(H,21,23,24). The van der Waals surface area contributed by atoms with Gasteiger partial charge in [0.1, 0.15) is 5.75 Å². The fourth-order valence-electron chi connectivity index (χ4n) is 2.32. The minimum atomic E-state index is -0.207. The number of anilines is 2. The van der Waals surface area contributed by atoms with Crippen molar-refractivity contribution in [2.24, 2.45) is 0 Å². The molecule has 0 atom stereocenters. The van der Waals surface area contributed by atoms with E-state index >= 15 is 0 Å². The van der Waals surface area contributed by atoms with Crippen LogP contribution in [0, 0.1) is 6.92 Å². The topological polar surface area (TPSA) is 80.3 Å². The molecule has 3 rings (SSSR count). The Balaban J connectivity index is 1.55. The van der Waals surface area contributed by atoms with Gasteiger partial charge < -0.3 is 15.4 Å². The van der Waals surface area contributed by atoms with Gasteiger partial charge in [-0.05, 0) is 49.4 Å². The van der Waals surface area contributed by atoms with E-state index in [1.165, 1.54) is 23.1 Å². The molecule has 0 bridgehead atoms. The fraction of sp³-hybridized carbons (Fsp3) is 0.150. The third kappa shape index (κ3) is 5.58. The molecule has 0 saturated carbocycles. The van der Waals surface area contributed by atoms with E-state index in [4.69, 9.17) is 4.74 Å². The maximum Gasteiger partial charge on any atom is 0.255 e. The van der Waals surface area contributed by atoms with E-state index in [-0.39, 0.29) is 17.6 Å². The number of nitrogens with one attached hydrogen (secondary N) is 2. The van der Waals surface area contributed by atoms with Gasteiger partial charge in [-0.2, -0.15) is 0 Å². The summed E-state index contributed by atoms with van der Waals surface area (Å²) >= 11 is 2.79. The minimum Gasteiger partial charge on any atom is -0.497 e. The second kappa shape index (κ2) is 9.38. The van der Waals surface area contributed by atoms with E-state index in [0.717, 1.165) is 10.6 Å². The van der Waals surface area contributed by atoms with Gasteiger partial charge in [-0.3, -0.25) is 9.59 Å². The summed E-state index contributed by atoms with van der Waals surface area (Å²) in [7, 11) is 1.58. The lowest BCUT2D eigenvalue weighted by Crippen LogP contribution is -2.14. The number of ether oxygens (including phenoxy) is 1. The molecule has 0 spiro atoms. The number of nitrogens with zero attached hydrogens (tertiary/aromatic N) is 1. The maximum absolute atomic E-state index is 12.4. The number of aryl methyl sites for hydroxylation is 1. The van der Waals surface area contributed by atoms with Crippen LogP contribution in [0.4, 0.5) is 10.8 Å².